The van der Waals surface area contributed by atoms with Crippen molar-refractivity contribution in [2.75, 3.05) is 11.1 Å². The first kappa shape index (κ1) is 25.4. The standard InChI is InChI=1S/C23H18N4O6.CH3Br/c1-13-9-16-17(25-20(22(30)31)21(29)26-16)10-18(13)27-8-7-19(28)14(11-27)12-33-23(32)24-15-5-3-2-4-6-15;1-2/h2-11H,12H2,1H3,(H,24,32)(H,26,29)(H,30,31);1H3. The second-order valence-corrected chi connectivity index (χ2v) is 7.18. The summed E-state index contributed by atoms with van der Waals surface area (Å²) in [5, 5.41) is 11.7. The predicted molar refractivity (Wildman–Crippen MR) is 135 cm³/mol. The first-order chi connectivity index (χ1) is 16.8. The molecule has 1 amide bonds. The second kappa shape index (κ2) is 11.3. The third kappa shape index (κ3) is 6.01. The highest BCUT2D eigenvalue weighted by atomic mass is 79.9. The van der Waals surface area contributed by atoms with Crippen molar-refractivity contribution in [2.24, 2.45) is 0 Å². The summed E-state index contributed by atoms with van der Waals surface area (Å²) in [7, 11) is 0. The lowest BCUT2D eigenvalue weighted by atomic mass is 10.1. The number of alkyl halides is 1. The molecule has 11 heteroatoms. The molecule has 2 heterocycles. The number of amides is 1. The third-order valence-corrected chi connectivity index (χ3v) is 4.87. The van der Waals surface area contributed by atoms with Crippen LogP contribution in [0.25, 0.3) is 16.7 Å². The van der Waals surface area contributed by atoms with Gasteiger partial charge in [-0.2, -0.15) is 0 Å². The summed E-state index contributed by atoms with van der Waals surface area (Å²) < 4.78 is 6.81. The fourth-order valence-electron chi connectivity index (χ4n) is 3.26. The minimum Gasteiger partial charge on any atom is -0.476 e. The number of anilines is 1. The van der Waals surface area contributed by atoms with Gasteiger partial charge in [0.15, 0.2) is 5.43 Å². The van der Waals surface area contributed by atoms with Crippen LogP contribution in [0.5, 0.6) is 0 Å². The monoisotopic (exact) mass is 540 g/mol. The number of aromatic nitrogens is 3. The molecule has 0 bridgehead atoms. The average molecular weight is 541 g/mol. The number of aromatic carboxylic acids is 1. The van der Waals surface area contributed by atoms with Crippen LogP contribution in [-0.2, 0) is 11.3 Å². The van der Waals surface area contributed by atoms with E-state index in [0.717, 1.165) is 5.56 Å². The molecule has 0 aliphatic carbocycles. The van der Waals surface area contributed by atoms with Gasteiger partial charge >= 0.3 is 12.1 Å². The summed E-state index contributed by atoms with van der Waals surface area (Å²) in [6, 6.07) is 13.3. The fraction of sp³-hybridized carbons (Fsp3) is 0.125. The summed E-state index contributed by atoms with van der Waals surface area (Å²) >= 11 is 2.94. The van der Waals surface area contributed by atoms with Crippen LogP contribution < -0.4 is 16.3 Å². The van der Waals surface area contributed by atoms with Crippen molar-refractivity contribution in [2.45, 2.75) is 13.5 Å². The fourth-order valence-corrected chi connectivity index (χ4v) is 3.26. The minimum atomic E-state index is -1.43. The molecule has 0 spiro atoms. The lowest BCUT2D eigenvalue weighted by Gasteiger charge is -2.13. The number of fused-ring (bicyclic) bond motifs is 1. The van der Waals surface area contributed by atoms with Crippen LogP contribution in [0.2, 0.25) is 0 Å². The summed E-state index contributed by atoms with van der Waals surface area (Å²) in [5.41, 5.74) is 1.07. The molecule has 0 radical (unpaired) electrons. The molecule has 180 valence electrons. The number of H-pyrrole nitrogens is 1. The van der Waals surface area contributed by atoms with E-state index in [2.05, 4.69) is 31.2 Å². The number of para-hydroxylation sites is 1. The van der Waals surface area contributed by atoms with Crippen LogP contribution in [0.4, 0.5) is 10.5 Å². The van der Waals surface area contributed by atoms with Crippen LogP contribution in [0.15, 0.2) is 70.5 Å². The number of aryl methyl sites for hydroxylation is 1. The lowest BCUT2D eigenvalue weighted by molar-refractivity contribution is 0.0688. The smallest absolute Gasteiger partial charge is 0.411 e. The van der Waals surface area contributed by atoms with Crippen molar-refractivity contribution in [1.29, 1.82) is 0 Å². The van der Waals surface area contributed by atoms with E-state index in [1.54, 1.807) is 47.9 Å². The maximum absolute atomic E-state index is 12.3. The van der Waals surface area contributed by atoms with Gasteiger partial charge in [0, 0.05) is 24.1 Å². The number of hydrogen-bond acceptors (Lipinski definition) is 6. The molecule has 2 aromatic carbocycles. The molecule has 0 aliphatic rings. The number of nitrogens with zero attached hydrogens (tertiary/aromatic N) is 2. The van der Waals surface area contributed by atoms with Crippen LogP contribution >= 0.6 is 15.9 Å². The quantitative estimate of drug-likeness (QED) is 0.326. The van der Waals surface area contributed by atoms with Crippen molar-refractivity contribution in [3.63, 3.8) is 0 Å². The maximum atomic E-state index is 12.3. The van der Waals surface area contributed by atoms with Crippen LogP contribution in [0.3, 0.4) is 0 Å². The van der Waals surface area contributed by atoms with E-state index in [1.807, 2.05) is 11.9 Å². The number of ether oxygens (including phenoxy) is 1. The summed E-state index contributed by atoms with van der Waals surface area (Å²) in [5.74, 6) is 0.379. The number of aromatic amines is 1. The van der Waals surface area contributed by atoms with Gasteiger partial charge in [0.25, 0.3) is 5.56 Å². The Morgan fingerprint density at radius 1 is 1.14 bits per heavy atom. The predicted octanol–water partition coefficient (Wildman–Crippen LogP) is 3.84. The van der Waals surface area contributed by atoms with Gasteiger partial charge in [0.1, 0.15) is 6.61 Å². The number of carbonyl (C=O) groups excluding carboxylic acids is 1. The van der Waals surface area contributed by atoms with E-state index in [-0.39, 0.29) is 23.1 Å². The number of rotatable bonds is 5. The van der Waals surface area contributed by atoms with Gasteiger partial charge in [-0.3, -0.25) is 14.9 Å². The minimum absolute atomic E-state index is 0.237. The molecule has 0 saturated carbocycles. The summed E-state index contributed by atoms with van der Waals surface area (Å²) in [6.07, 6.45) is 2.36. The van der Waals surface area contributed by atoms with Crippen molar-refractivity contribution in [1.82, 2.24) is 14.5 Å². The number of nitrogens with one attached hydrogen (secondary N) is 2. The molecular formula is C24H21BrN4O6. The van der Waals surface area contributed by atoms with Crippen LogP contribution in [-0.4, -0.2) is 37.5 Å². The Hall–Kier alpha value is -4.25. The highest BCUT2D eigenvalue weighted by Gasteiger charge is 2.14. The molecule has 10 nitrogen and oxygen atoms in total. The van der Waals surface area contributed by atoms with Gasteiger partial charge in [0.2, 0.25) is 5.69 Å². The molecule has 4 rings (SSSR count). The molecule has 0 unspecified atom stereocenters. The third-order valence-electron chi connectivity index (χ3n) is 4.87. The number of carboxylic acid groups (broad SMARTS) is 1. The van der Waals surface area contributed by atoms with Crippen molar-refractivity contribution < 1.29 is 19.4 Å². The molecule has 0 saturated heterocycles. The molecule has 2 aromatic heterocycles. The zero-order valence-electron chi connectivity index (χ0n) is 18.7. The van der Waals surface area contributed by atoms with Gasteiger partial charge in [-0.05, 0) is 42.6 Å². The van der Waals surface area contributed by atoms with Crippen molar-refractivity contribution >= 4 is 44.7 Å². The van der Waals surface area contributed by atoms with E-state index >= 15 is 0 Å². The highest BCUT2D eigenvalue weighted by molar-refractivity contribution is 9.08. The largest absolute Gasteiger partial charge is 0.476 e. The molecule has 0 fully saturated rings. The van der Waals surface area contributed by atoms with E-state index in [0.29, 0.717) is 16.9 Å². The Morgan fingerprint density at radius 3 is 2.54 bits per heavy atom. The Bertz CT molecular complexity index is 1500. The average Bonchev–Trinajstić information content (AvgIpc) is 2.84. The van der Waals surface area contributed by atoms with Crippen molar-refractivity contribution in [3.8, 4) is 5.69 Å². The van der Waals surface area contributed by atoms with Crippen LogP contribution in [0.1, 0.15) is 21.6 Å². The number of benzene rings is 2. The Labute approximate surface area is 207 Å². The van der Waals surface area contributed by atoms with E-state index in [1.165, 1.54) is 18.5 Å². The number of halogens is 1. The zero-order chi connectivity index (χ0) is 25.5. The normalized spacial score (nSPS) is 10.3. The van der Waals surface area contributed by atoms with Crippen LogP contribution in [0, 0.1) is 6.92 Å². The summed E-state index contributed by atoms with van der Waals surface area (Å²) in [6.45, 7) is 1.54. The Kier molecular flexibility index (Phi) is 8.16. The van der Waals surface area contributed by atoms with Gasteiger partial charge in [0.05, 0.1) is 22.3 Å². The van der Waals surface area contributed by atoms with Gasteiger partial charge in [-0.15, -0.1) is 0 Å². The van der Waals surface area contributed by atoms with Gasteiger partial charge < -0.3 is 19.4 Å². The van der Waals surface area contributed by atoms with E-state index in [9.17, 15) is 19.2 Å². The topological polar surface area (TPSA) is 143 Å². The molecule has 35 heavy (non-hydrogen) atoms. The summed E-state index contributed by atoms with van der Waals surface area (Å²) in [4.78, 5) is 53.9. The van der Waals surface area contributed by atoms with Gasteiger partial charge in [-0.1, -0.05) is 34.1 Å². The number of carboxylic acids is 1. The Balaban J connectivity index is 0.00000167. The van der Waals surface area contributed by atoms with Crippen molar-refractivity contribution in [3.05, 3.63) is 98.3 Å². The maximum Gasteiger partial charge on any atom is 0.411 e. The highest BCUT2D eigenvalue weighted by Crippen LogP contribution is 2.20. The van der Waals surface area contributed by atoms with E-state index in [4.69, 9.17) is 9.84 Å². The molecule has 3 N–H and O–H groups in total. The van der Waals surface area contributed by atoms with Gasteiger partial charge in [-0.25, -0.2) is 14.6 Å². The number of pyridine rings is 1. The SMILES string of the molecule is CBr.Cc1cc2[nH]c(=O)c(C(=O)O)nc2cc1-n1ccc(=O)c(COC(=O)Nc2ccccc2)c1. The number of hydrogen-bond donors (Lipinski definition) is 3. The first-order valence-electron chi connectivity index (χ1n) is 10.2. The molecule has 0 atom stereocenters. The zero-order valence-corrected chi connectivity index (χ0v) is 20.3. The molecule has 4 aromatic rings. The second-order valence-electron chi connectivity index (χ2n) is 7.18. The first-order valence-corrected chi connectivity index (χ1v) is 11.8. The molecule has 0 aliphatic heterocycles. The lowest BCUT2D eigenvalue weighted by Crippen LogP contribution is -2.20. The van der Waals surface area contributed by atoms with E-state index < -0.39 is 23.3 Å². The molecular weight excluding hydrogens is 520 g/mol. The number of carbonyl (C=O) groups is 2. The Morgan fingerprint density at radius 2 is 1.86 bits per heavy atom.